The van der Waals surface area contributed by atoms with Crippen LogP contribution < -0.4 is 5.73 Å². The molecule has 0 spiro atoms. The van der Waals surface area contributed by atoms with Gasteiger partial charge in [-0.1, -0.05) is 30.3 Å². The van der Waals surface area contributed by atoms with Crippen LogP contribution in [0.1, 0.15) is 34.9 Å². The summed E-state index contributed by atoms with van der Waals surface area (Å²) in [4.78, 5) is 32.3. The van der Waals surface area contributed by atoms with E-state index in [1.807, 2.05) is 53.6 Å². The van der Waals surface area contributed by atoms with Gasteiger partial charge in [-0.05, 0) is 30.4 Å². The molecule has 1 aliphatic rings. The average molecular weight is 410 g/mol. The Morgan fingerprint density at radius 3 is 2.55 bits per heavy atom. The number of rotatable bonds is 3. The fourth-order valence-corrected chi connectivity index (χ4v) is 4.15. The first-order valence-corrected chi connectivity index (χ1v) is 10.4. The van der Waals surface area contributed by atoms with Crippen molar-refractivity contribution in [3.05, 3.63) is 78.6 Å². The third-order valence-electron chi connectivity index (χ3n) is 5.79. The van der Waals surface area contributed by atoms with Crippen molar-refractivity contribution in [3.63, 3.8) is 0 Å². The van der Waals surface area contributed by atoms with Crippen molar-refractivity contribution in [1.29, 1.82) is 0 Å². The normalized spacial score (nSPS) is 16.4. The monoisotopic (exact) mass is 410 g/mol. The average Bonchev–Trinajstić information content (AvgIpc) is 2.84. The highest BCUT2D eigenvalue weighted by molar-refractivity contribution is 6.05. The van der Waals surface area contributed by atoms with E-state index in [2.05, 4.69) is 19.9 Å². The Bertz CT molecular complexity index is 1220. The standard InChI is InChI=1S/C24H22N6O/c25-24-28-13-19(14-29-24)17-7-8-21(27-12-17)18-5-3-11-30(15-18)23(31)22-20-6-2-1-4-16(20)9-10-26-22/h1-2,4,6-10,12-14,18H,3,5,11,15H2,(H2,25,28,29)/t18-/m1/s1. The van der Waals surface area contributed by atoms with Crippen molar-refractivity contribution in [3.8, 4) is 11.1 Å². The lowest BCUT2D eigenvalue weighted by Crippen LogP contribution is -2.39. The molecule has 1 aromatic carbocycles. The molecule has 0 radical (unpaired) electrons. The Balaban J connectivity index is 1.35. The maximum atomic E-state index is 13.3. The summed E-state index contributed by atoms with van der Waals surface area (Å²) in [7, 11) is 0. The fraction of sp³-hybridized carbons (Fsp3) is 0.208. The number of nitrogens with zero attached hydrogens (tertiary/aromatic N) is 5. The van der Waals surface area contributed by atoms with Crippen molar-refractivity contribution >= 4 is 22.6 Å². The zero-order valence-electron chi connectivity index (χ0n) is 17.0. The van der Waals surface area contributed by atoms with Crippen LogP contribution in [-0.4, -0.2) is 43.8 Å². The van der Waals surface area contributed by atoms with E-state index in [0.29, 0.717) is 12.2 Å². The van der Waals surface area contributed by atoms with Gasteiger partial charge in [0.1, 0.15) is 5.69 Å². The molecule has 1 atom stereocenters. The number of nitrogen functional groups attached to an aromatic ring is 1. The van der Waals surface area contributed by atoms with Gasteiger partial charge in [0.05, 0.1) is 0 Å². The number of fused-ring (bicyclic) bond motifs is 1. The maximum Gasteiger partial charge on any atom is 0.273 e. The zero-order chi connectivity index (χ0) is 21.2. The van der Waals surface area contributed by atoms with E-state index >= 15 is 0 Å². The molecule has 0 saturated carbocycles. The van der Waals surface area contributed by atoms with Crippen LogP contribution >= 0.6 is 0 Å². The quantitative estimate of drug-likeness (QED) is 0.553. The number of aromatic nitrogens is 4. The molecule has 1 aliphatic heterocycles. The minimum absolute atomic E-state index is 0.0165. The largest absolute Gasteiger partial charge is 0.368 e. The molecule has 1 amide bonds. The second-order valence-electron chi connectivity index (χ2n) is 7.77. The first kappa shape index (κ1) is 19.1. The molecule has 0 aliphatic carbocycles. The number of amides is 1. The van der Waals surface area contributed by atoms with Crippen molar-refractivity contribution < 1.29 is 4.79 Å². The minimum Gasteiger partial charge on any atom is -0.368 e. The van der Waals surface area contributed by atoms with Gasteiger partial charge in [-0.25, -0.2) is 9.97 Å². The predicted octanol–water partition coefficient (Wildman–Crippen LogP) is 3.69. The molecular weight excluding hydrogens is 388 g/mol. The molecule has 4 aromatic rings. The van der Waals surface area contributed by atoms with Crippen LogP contribution in [0.4, 0.5) is 5.95 Å². The Morgan fingerprint density at radius 2 is 1.74 bits per heavy atom. The fourth-order valence-electron chi connectivity index (χ4n) is 4.15. The Labute approximate surface area is 180 Å². The van der Waals surface area contributed by atoms with E-state index in [1.165, 1.54) is 0 Å². The van der Waals surface area contributed by atoms with Gasteiger partial charge in [-0.15, -0.1) is 0 Å². The molecule has 7 nitrogen and oxygen atoms in total. The highest BCUT2D eigenvalue weighted by Gasteiger charge is 2.27. The molecule has 0 unspecified atom stereocenters. The Morgan fingerprint density at radius 1 is 0.935 bits per heavy atom. The lowest BCUT2D eigenvalue weighted by atomic mass is 9.93. The third kappa shape index (κ3) is 3.82. The van der Waals surface area contributed by atoms with Crippen molar-refractivity contribution in [2.24, 2.45) is 0 Å². The lowest BCUT2D eigenvalue weighted by Gasteiger charge is -2.32. The molecule has 0 bridgehead atoms. The number of hydrogen-bond acceptors (Lipinski definition) is 6. The molecule has 154 valence electrons. The first-order chi connectivity index (χ1) is 15.2. The summed E-state index contributed by atoms with van der Waals surface area (Å²) in [5.41, 5.74) is 8.88. The molecule has 5 rings (SSSR count). The number of carbonyl (C=O) groups excluding carboxylic acids is 1. The summed E-state index contributed by atoms with van der Waals surface area (Å²) in [6.45, 7) is 1.38. The smallest absolute Gasteiger partial charge is 0.273 e. The summed E-state index contributed by atoms with van der Waals surface area (Å²) >= 11 is 0. The molecule has 4 heterocycles. The van der Waals surface area contributed by atoms with Gasteiger partial charge in [0.2, 0.25) is 5.95 Å². The lowest BCUT2D eigenvalue weighted by molar-refractivity contribution is 0.0702. The number of pyridine rings is 2. The second kappa shape index (κ2) is 8.10. The summed E-state index contributed by atoms with van der Waals surface area (Å²) in [5.74, 6) is 0.433. The molecule has 2 N–H and O–H groups in total. The van der Waals surface area contributed by atoms with Crippen molar-refractivity contribution in [2.45, 2.75) is 18.8 Å². The summed E-state index contributed by atoms with van der Waals surface area (Å²) in [6.07, 6.45) is 8.87. The van der Waals surface area contributed by atoms with E-state index < -0.39 is 0 Å². The number of hydrogen-bond donors (Lipinski definition) is 1. The number of carbonyl (C=O) groups is 1. The van der Waals surface area contributed by atoms with Gasteiger partial charge in [0.25, 0.3) is 5.91 Å². The van der Waals surface area contributed by atoms with Gasteiger partial charge in [0, 0.05) is 66.0 Å². The highest BCUT2D eigenvalue weighted by atomic mass is 16.2. The van der Waals surface area contributed by atoms with Crippen LogP contribution in [0.25, 0.3) is 21.9 Å². The topological polar surface area (TPSA) is 97.9 Å². The van der Waals surface area contributed by atoms with Crippen molar-refractivity contribution in [1.82, 2.24) is 24.8 Å². The van der Waals surface area contributed by atoms with E-state index in [4.69, 9.17) is 5.73 Å². The first-order valence-electron chi connectivity index (χ1n) is 10.4. The number of anilines is 1. The molecular formula is C24H22N6O. The van der Waals surface area contributed by atoms with E-state index in [0.717, 1.165) is 47.0 Å². The Kier molecular flexibility index (Phi) is 5.00. The molecule has 1 saturated heterocycles. The van der Waals surface area contributed by atoms with Crippen LogP contribution in [0.2, 0.25) is 0 Å². The molecule has 7 heteroatoms. The van der Waals surface area contributed by atoms with E-state index in [-0.39, 0.29) is 17.8 Å². The number of nitrogens with two attached hydrogens (primary N) is 1. The number of benzene rings is 1. The van der Waals surface area contributed by atoms with Gasteiger partial charge >= 0.3 is 0 Å². The summed E-state index contributed by atoms with van der Waals surface area (Å²) < 4.78 is 0. The zero-order valence-corrected chi connectivity index (χ0v) is 17.0. The van der Waals surface area contributed by atoms with Crippen LogP contribution in [-0.2, 0) is 0 Å². The Hall–Kier alpha value is -3.87. The van der Waals surface area contributed by atoms with Gasteiger partial charge in [-0.2, -0.15) is 0 Å². The maximum absolute atomic E-state index is 13.3. The third-order valence-corrected chi connectivity index (χ3v) is 5.79. The highest BCUT2D eigenvalue weighted by Crippen LogP contribution is 2.28. The van der Waals surface area contributed by atoms with Crippen LogP contribution in [0.15, 0.2) is 67.3 Å². The minimum atomic E-state index is -0.0165. The second-order valence-corrected chi connectivity index (χ2v) is 7.77. The number of piperidine rings is 1. The van der Waals surface area contributed by atoms with Crippen LogP contribution in [0.3, 0.4) is 0 Å². The van der Waals surface area contributed by atoms with Gasteiger partial charge in [0.15, 0.2) is 0 Å². The van der Waals surface area contributed by atoms with E-state index in [1.54, 1.807) is 18.6 Å². The molecule has 1 fully saturated rings. The van der Waals surface area contributed by atoms with Gasteiger partial charge < -0.3 is 10.6 Å². The summed E-state index contributed by atoms with van der Waals surface area (Å²) in [6, 6.07) is 13.9. The number of likely N-dealkylation sites (tertiary alicyclic amines) is 1. The van der Waals surface area contributed by atoms with Crippen LogP contribution in [0, 0.1) is 0 Å². The van der Waals surface area contributed by atoms with Crippen LogP contribution in [0.5, 0.6) is 0 Å². The molecule has 31 heavy (non-hydrogen) atoms. The van der Waals surface area contributed by atoms with E-state index in [9.17, 15) is 4.79 Å². The summed E-state index contributed by atoms with van der Waals surface area (Å²) in [5, 5.41) is 1.92. The predicted molar refractivity (Wildman–Crippen MR) is 119 cm³/mol. The molecule has 3 aromatic heterocycles. The van der Waals surface area contributed by atoms with Gasteiger partial charge in [-0.3, -0.25) is 14.8 Å². The SMILES string of the molecule is Nc1ncc(-c2ccc([C@@H]3CCCN(C(=O)c4nccc5ccccc45)C3)nc2)cn1. The van der Waals surface area contributed by atoms with Crippen molar-refractivity contribution in [2.75, 3.05) is 18.8 Å².